The van der Waals surface area contributed by atoms with Crippen LogP contribution in [0.3, 0.4) is 0 Å². The quantitative estimate of drug-likeness (QED) is 0.739. The Morgan fingerprint density at radius 3 is 2.44 bits per heavy atom. The van der Waals surface area contributed by atoms with Gasteiger partial charge in [0.2, 0.25) is 10.0 Å². The zero-order valence-corrected chi connectivity index (χ0v) is 10.00. The second kappa shape index (κ2) is 4.22. The van der Waals surface area contributed by atoms with Gasteiger partial charge in [-0.1, -0.05) is 0 Å². The Labute approximate surface area is 93.1 Å². The van der Waals surface area contributed by atoms with Gasteiger partial charge in [0, 0.05) is 7.05 Å². The van der Waals surface area contributed by atoms with E-state index in [2.05, 4.69) is 5.10 Å². The molecule has 1 rings (SSSR count). The van der Waals surface area contributed by atoms with Crippen LogP contribution in [0.1, 0.15) is 11.4 Å². The highest BCUT2D eigenvalue weighted by Gasteiger charge is 2.23. The van der Waals surface area contributed by atoms with E-state index in [0.717, 1.165) is 0 Å². The van der Waals surface area contributed by atoms with Crippen LogP contribution in [0.25, 0.3) is 0 Å². The molecule has 0 aromatic carbocycles. The van der Waals surface area contributed by atoms with Crippen molar-refractivity contribution in [3.05, 3.63) is 11.4 Å². The molecule has 16 heavy (non-hydrogen) atoms. The average Bonchev–Trinajstić information content (AvgIpc) is 2.38. The summed E-state index contributed by atoms with van der Waals surface area (Å²) >= 11 is 0. The van der Waals surface area contributed by atoms with Gasteiger partial charge >= 0.3 is 5.97 Å². The molecule has 7 nitrogen and oxygen atoms in total. The molecule has 0 amide bonds. The normalized spacial score (nSPS) is 11.7. The van der Waals surface area contributed by atoms with Crippen LogP contribution in [0.4, 0.5) is 0 Å². The third-order valence-corrected chi connectivity index (χ3v) is 3.78. The van der Waals surface area contributed by atoms with Crippen molar-refractivity contribution in [3.8, 4) is 0 Å². The molecule has 1 heterocycles. The number of hydrogen-bond donors (Lipinski definition) is 2. The van der Waals surface area contributed by atoms with Crippen LogP contribution < -0.4 is 4.72 Å². The van der Waals surface area contributed by atoms with Crippen LogP contribution in [-0.4, -0.2) is 35.8 Å². The molecule has 0 unspecified atom stereocenters. The van der Waals surface area contributed by atoms with Crippen LogP contribution in [0.2, 0.25) is 0 Å². The molecule has 1 aromatic rings. The lowest BCUT2D eigenvalue weighted by molar-refractivity contribution is -0.135. The summed E-state index contributed by atoms with van der Waals surface area (Å²) in [6.45, 7) is 2.52. The fraction of sp³-hybridized carbons (Fsp3) is 0.500. The van der Waals surface area contributed by atoms with Crippen LogP contribution in [0.5, 0.6) is 0 Å². The number of rotatable bonds is 4. The van der Waals surface area contributed by atoms with Gasteiger partial charge in [-0.2, -0.15) is 9.82 Å². The number of aliphatic carboxylic acids is 1. The second-order valence-corrected chi connectivity index (χ2v) is 5.05. The molecule has 1 aromatic heterocycles. The smallest absolute Gasteiger partial charge is 0.318 e. The Kier molecular flexibility index (Phi) is 3.34. The number of nitrogens with one attached hydrogen (secondary N) is 1. The van der Waals surface area contributed by atoms with Gasteiger partial charge in [0.1, 0.15) is 11.4 Å². The molecule has 0 aliphatic carbocycles. The van der Waals surface area contributed by atoms with Gasteiger partial charge in [-0.15, -0.1) is 0 Å². The molecule has 2 N–H and O–H groups in total. The van der Waals surface area contributed by atoms with E-state index in [9.17, 15) is 13.2 Å². The highest BCUT2D eigenvalue weighted by atomic mass is 32.2. The van der Waals surface area contributed by atoms with Gasteiger partial charge in [-0.3, -0.25) is 9.48 Å². The third kappa shape index (κ3) is 2.39. The topological polar surface area (TPSA) is 101 Å². The molecule has 90 valence electrons. The van der Waals surface area contributed by atoms with Gasteiger partial charge in [0.15, 0.2) is 0 Å². The summed E-state index contributed by atoms with van der Waals surface area (Å²) in [5.41, 5.74) is 0.813. The van der Waals surface area contributed by atoms with Crippen molar-refractivity contribution in [2.75, 3.05) is 6.54 Å². The van der Waals surface area contributed by atoms with E-state index in [1.807, 2.05) is 4.72 Å². The maximum absolute atomic E-state index is 11.8. The molecule has 0 atom stereocenters. The van der Waals surface area contributed by atoms with Crippen molar-refractivity contribution >= 4 is 16.0 Å². The summed E-state index contributed by atoms with van der Waals surface area (Å²) in [6, 6.07) is 0. The lowest BCUT2D eigenvalue weighted by Gasteiger charge is -2.04. The fourth-order valence-electron chi connectivity index (χ4n) is 1.37. The Morgan fingerprint density at radius 2 is 2.06 bits per heavy atom. The van der Waals surface area contributed by atoms with Crippen molar-refractivity contribution in [1.29, 1.82) is 0 Å². The molecule has 0 bridgehead atoms. The van der Waals surface area contributed by atoms with Gasteiger partial charge in [-0.25, -0.2) is 8.42 Å². The first-order chi connectivity index (χ1) is 7.25. The standard InChI is InChI=1S/C8H13N3O4S/c1-5-8(6(2)11(3)10-5)16(14,15)9-4-7(12)13/h9H,4H2,1-3H3,(H,12,13). The van der Waals surface area contributed by atoms with Crippen molar-refractivity contribution in [2.24, 2.45) is 7.05 Å². The van der Waals surface area contributed by atoms with Gasteiger partial charge in [-0.05, 0) is 13.8 Å². The van der Waals surface area contributed by atoms with Crippen LogP contribution in [-0.2, 0) is 21.9 Å². The van der Waals surface area contributed by atoms with Crippen LogP contribution >= 0.6 is 0 Å². The molecular formula is C8H13N3O4S. The molecule has 0 saturated carbocycles. The van der Waals surface area contributed by atoms with Crippen LogP contribution in [0.15, 0.2) is 4.90 Å². The van der Waals surface area contributed by atoms with E-state index in [1.54, 1.807) is 20.9 Å². The summed E-state index contributed by atoms with van der Waals surface area (Å²) in [5, 5.41) is 12.4. The monoisotopic (exact) mass is 247 g/mol. The molecule has 0 radical (unpaired) electrons. The van der Waals surface area contributed by atoms with E-state index in [0.29, 0.717) is 11.4 Å². The Bertz CT molecular complexity index is 518. The summed E-state index contributed by atoms with van der Waals surface area (Å²) in [7, 11) is -2.19. The summed E-state index contributed by atoms with van der Waals surface area (Å²) < 4.78 is 27.0. The number of carbonyl (C=O) groups is 1. The minimum Gasteiger partial charge on any atom is -0.480 e. The zero-order chi connectivity index (χ0) is 12.5. The number of sulfonamides is 1. The minimum absolute atomic E-state index is 0.0382. The van der Waals surface area contributed by atoms with Gasteiger partial charge in [0.05, 0.1) is 11.4 Å². The molecular weight excluding hydrogens is 234 g/mol. The van der Waals surface area contributed by atoms with E-state index in [4.69, 9.17) is 5.11 Å². The highest BCUT2D eigenvalue weighted by Crippen LogP contribution is 2.17. The van der Waals surface area contributed by atoms with E-state index in [-0.39, 0.29) is 4.90 Å². The predicted molar refractivity (Wildman–Crippen MR) is 55.5 cm³/mol. The highest BCUT2D eigenvalue weighted by molar-refractivity contribution is 7.89. The maximum Gasteiger partial charge on any atom is 0.318 e. The Morgan fingerprint density at radius 1 is 1.50 bits per heavy atom. The van der Waals surface area contributed by atoms with E-state index < -0.39 is 22.5 Å². The third-order valence-electron chi connectivity index (χ3n) is 2.12. The number of hydrogen-bond acceptors (Lipinski definition) is 4. The van der Waals surface area contributed by atoms with Crippen molar-refractivity contribution < 1.29 is 18.3 Å². The molecule has 0 fully saturated rings. The van der Waals surface area contributed by atoms with Gasteiger partial charge < -0.3 is 5.11 Å². The maximum atomic E-state index is 11.8. The van der Waals surface area contributed by atoms with Crippen LogP contribution in [0, 0.1) is 13.8 Å². The minimum atomic E-state index is -3.81. The second-order valence-electron chi connectivity index (χ2n) is 3.34. The predicted octanol–water partition coefficient (Wildman–Crippen LogP) is -0.600. The number of carboxylic acids is 1. The first-order valence-corrected chi connectivity index (χ1v) is 5.95. The zero-order valence-electron chi connectivity index (χ0n) is 9.18. The largest absolute Gasteiger partial charge is 0.480 e. The number of aryl methyl sites for hydroxylation is 2. The summed E-state index contributed by atoms with van der Waals surface area (Å²) in [6.07, 6.45) is 0. The number of nitrogens with zero attached hydrogens (tertiary/aromatic N) is 2. The van der Waals surface area contributed by atoms with Gasteiger partial charge in [0.25, 0.3) is 0 Å². The lowest BCUT2D eigenvalue weighted by atomic mass is 10.4. The Hall–Kier alpha value is -1.41. The van der Waals surface area contributed by atoms with Crippen molar-refractivity contribution in [1.82, 2.24) is 14.5 Å². The Balaban J connectivity index is 3.12. The van der Waals surface area contributed by atoms with E-state index >= 15 is 0 Å². The molecule has 0 spiro atoms. The first kappa shape index (κ1) is 12.7. The fourth-order valence-corrected chi connectivity index (χ4v) is 2.78. The van der Waals surface area contributed by atoms with Crippen molar-refractivity contribution in [2.45, 2.75) is 18.7 Å². The summed E-state index contributed by atoms with van der Waals surface area (Å²) in [5.74, 6) is -1.23. The molecule has 0 aliphatic heterocycles. The average molecular weight is 247 g/mol. The molecule has 0 aliphatic rings. The number of aromatic nitrogens is 2. The molecule has 0 saturated heterocycles. The van der Waals surface area contributed by atoms with Crippen molar-refractivity contribution in [3.63, 3.8) is 0 Å². The summed E-state index contributed by atoms with van der Waals surface area (Å²) in [4.78, 5) is 10.3. The lowest BCUT2D eigenvalue weighted by Crippen LogP contribution is -2.30. The number of carboxylic acid groups (broad SMARTS) is 1. The van der Waals surface area contributed by atoms with E-state index in [1.165, 1.54) is 4.68 Å². The SMILES string of the molecule is Cc1nn(C)c(C)c1S(=O)(=O)NCC(=O)O. The first-order valence-electron chi connectivity index (χ1n) is 4.47. The molecule has 8 heteroatoms.